The van der Waals surface area contributed by atoms with Gasteiger partial charge in [0.05, 0.1) is 19.8 Å². The van der Waals surface area contributed by atoms with Crippen LogP contribution in [0.1, 0.15) is 19.8 Å². The molecule has 2 unspecified atom stereocenters. The molecule has 3 nitrogen and oxygen atoms in total. The molecule has 4 heteroatoms. The summed E-state index contributed by atoms with van der Waals surface area (Å²) in [6.45, 7) is 3.68. The minimum absolute atomic E-state index is 0.196. The van der Waals surface area contributed by atoms with E-state index in [1.165, 1.54) is 0 Å². The monoisotopic (exact) mass is 328 g/mol. The van der Waals surface area contributed by atoms with Crippen LogP contribution in [-0.4, -0.2) is 31.8 Å². The van der Waals surface area contributed by atoms with Gasteiger partial charge in [-0.25, -0.2) is 0 Å². The molecule has 1 aliphatic rings. The molecule has 0 saturated carbocycles. The summed E-state index contributed by atoms with van der Waals surface area (Å²) >= 11 is 3.63. The first kappa shape index (κ1) is 14.7. The molecular weight excluding hydrogens is 308 g/mol. The highest BCUT2D eigenvalue weighted by Crippen LogP contribution is 2.40. The van der Waals surface area contributed by atoms with Crippen molar-refractivity contribution in [2.45, 2.75) is 25.9 Å². The number of hydrogen-bond acceptors (Lipinski definition) is 3. The van der Waals surface area contributed by atoms with E-state index in [1.54, 1.807) is 7.11 Å². The number of rotatable bonds is 6. The van der Waals surface area contributed by atoms with Crippen molar-refractivity contribution in [2.24, 2.45) is 5.41 Å². The van der Waals surface area contributed by atoms with E-state index in [0.29, 0.717) is 6.61 Å². The maximum absolute atomic E-state index is 5.86. The molecule has 1 aromatic carbocycles. The molecule has 0 aliphatic carbocycles. The number of hydrogen-bond donors (Lipinski definition) is 0. The fraction of sp³-hybridized carbons (Fsp3) is 0.600. The Bertz CT molecular complexity index is 410. The smallest absolute Gasteiger partial charge is 0.161 e. The largest absolute Gasteiger partial charge is 0.493 e. The Kier molecular flexibility index (Phi) is 5.11. The van der Waals surface area contributed by atoms with Crippen molar-refractivity contribution >= 4 is 15.9 Å². The van der Waals surface area contributed by atoms with Gasteiger partial charge < -0.3 is 14.2 Å². The molecule has 0 bridgehead atoms. The second kappa shape index (κ2) is 6.62. The van der Waals surface area contributed by atoms with Gasteiger partial charge in [0.25, 0.3) is 0 Å². The van der Waals surface area contributed by atoms with E-state index < -0.39 is 0 Å². The Morgan fingerprint density at radius 1 is 1.37 bits per heavy atom. The first-order valence-corrected chi connectivity index (χ1v) is 7.77. The normalized spacial score (nSPS) is 26.4. The minimum Gasteiger partial charge on any atom is -0.493 e. The van der Waals surface area contributed by atoms with E-state index in [9.17, 15) is 0 Å². The molecule has 0 radical (unpaired) electrons. The van der Waals surface area contributed by atoms with Crippen molar-refractivity contribution in [2.75, 3.05) is 25.7 Å². The van der Waals surface area contributed by atoms with Gasteiger partial charge in [0, 0.05) is 17.4 Å². The standard InChI is InChI=1S/C15H21BrO3/c1-12-15(11-16,7-9-18-12)8-10-19-14-6-4-3-5-13(14)17-2/h3-6,12H,7-11H2,1-2H3. The van der Waals surface area contributed by atoms with Crippen LogP contribution in [-0.2, 0) is 4.74 Å². The SMILES string of the molecule is COc1ccccc1OCCC1(CBr)CCOC1C. The second-order valence-corrected chi connectivity index (χ2v) is 5.57. The average Bonchev–Trinajstić information content (AvgIpc) is 2.81. The molecule has 0 amide bonds. The third-order valence-electron chi connectivity index (χ3n) is 4.02. The topological polar surface area (TPSA) is 27.7 Å². The van der Waals surface area contributed by atoms with Crippen LogP contribution in [0, 0.1) is 5.41 Å². The Balaban J connectivity index is 1.92. The summed E-state index contributed by atoms with van der Waals surface area (Å²) in [5.41, 5.74) is 0.196. The van der Waals surface area contributed by atoms with Gasteiger partial charge in [-0.3, -0.25) is 0 Å². The van der Waals surface area contributed by atoms with Gasteiger partial charge in [-0.05, 0) is 31.9 Å². The number of halogens is 1. The van der Waals surface area contributed by atoms with Crippen molar-refractivity contribution in [3.8, 4) is 11.5 Å². The zero-order valence-corrected chi connectivity index (χ0v) is 13.1. The summed E-state index contributed by atoms with van der Waals surface area (Å²) in [6.07, 6.45) is 2.36. The summed E-state index contributed by atoms with van der Waals surface area (Å²) in [7, 11) is 1.66. The fourth-order valence-electron chi connectivity index (χ4n) is 2.49. The molecule has 1 aromatic rings. The quantitative estimate of drug-likeness (QED) is 0.746. The van der Waals surface area contributed by atoms with Crippen LogP contribution in [0.15, 0.2) is 24.3 Å². The molecule has 1 heterocycles. The number of benzene rings is 1. The van der Waals surface area contributed by atoms with Gasteiger partial charge in [-0.1, -0.05) is 28.1 Å². The Morgan fingerprint density at radius 2 is 2.11 bits per heavy atom. The molecule has 19 heavy (non-hydrogen) atoms. The van der Waals surface area contributed by atoms with Crippen LogP contribution in [0.25, 0.3) is 0 Å². The number of methoxy groups -OCH3 is 1. The van der Waals surface area contributed by atoms with Crippen LogP contribution >= 0.6 is 15.9 Å². The van der Waals surface area contributed by atoms with Crippen molar-refractivity contribution in [3.63, 3.8) is 0 Å². The predicted octanol–water partition coefficient (Wildman–Crippen LogP) is 3.65. The lowest BCUT2D eigenvalue weighted by Crippen LogP contribution is -2.32. The summed E-state index contributed by atoms with van der Waals surface area (Å²) in [4.78, 5) is 0. The Hall–Kier alpha value is -0.740. The van der Waals surface area contributed by atoms with E-state index in [2.05, 4.69) is 22.9 Å². The summed E-state index contributed by atoms with van der Waals surface area (Å²) < 4.78 is 16.8. The zero-order chi connectivity index (χ0) is 13.7. The van der Waals surface area contributed by atoms with Gasteiger partial charge in [-0.2, -0.15) is 0 Å². The highest BCUT2D eigenvalue weighted by molar-refractivity contribution is 9.09. The Labute approximate surface area is 123 Å². The van der Waals surface area contributed by atoms with Crippen molar-refractivity contribution in [3.05, 3.63) is 24.3 Å². The van der Waals surface area contributed by atoms with E-state index >= 15 is 0 Å². The average molecular weight is 329 g/mol. The summed E-state index contributed by atoms with van der Waals surface area (Å²) in [5, 5.41) is 0.955. The molecule has 106 valence electrons. The van der Waals surface area contributed by atoms with Crippen molar-refractivity contribution in [1.82, 2.24) is 0 Å². The molecule has 0 N–H and O–H groups in total. The zero-order valence-electron chi connectivity index (χ0n) is 11.5. The molecular formula is C15H21BrO3. The number of alkyl halides is 1. The predicted molar refractivity (Wildman–Crippen MR) is 79.4 cm³/mol. The third kappa shape index (κ3) is 3.23. The highest BCUT2D eigenvalue weighted by Gasteiger charge is 2.40. The van der Waals surface area contributed by atoms with Crippen LogP contribution in [0.3, 0.4) is 0 Å². The van der Waals surface area contributed by atoms with Crippen molar-refractivity contribution < 1.29 is 14.2 Å². The Morgan fingerprint density at radius 3 is 2.68 bits per heavy atom. The van der Waals surface area contributed by atoms with Crippen LogP contribution < -0.4 is 9.47 Å². The molecule has 0 spiro atoms. The number of para-hydroxylation sites is 2. The lowest BCUT2D eigenvalue weighted by Gasteiger charge is -2.30. The van der Waals surface area contributed by atoms with Crippen LogP contribution in [0.2, 0.25) is 0 Å². The molecule has 2 rings (SSSR count). The van der Waals surface area contributed by atoms with E-state index in [4.69, 9.17) is 14.2 Å². The van der Waals surface area contributed by atoms with Gasteiger partial charge in [-0.15, -0.1) is 0 Å². The lowest BCUT2D eigenvalue weighted by molar-refractivity contribution is 0.0630. The van der Waals surface area contributed by atoms with Gasteiger partial charge in [0.15, 0.2) is 11.5 Å². The maximum atomic E-state index is 5.86. The first-order chi connectivity index (χ1) is 9.22. The van der Waals surface area contributed by atoms with Gasteiger partial charge in [0.1, 0.15) is 0 Å². The van der Waals surface area contributed by atoms with Crippen LogP contribution in [0.5, 0.6) is 11.5 Å². The molecule has 0 aromatic heterocycles. The summed E-state index contributed by atoms with van der Waals surface area (Å²) in [5.74, 6) is 1.59. The highest BCUT2D eigenvalue weighted by atomic mass is 79.9. The van der Waals surface area contributed by atoms with E-state index in [-0.39, 0.29) is 11.5 Å². The van der Waals surface area contributed by atoms with E-state index in [1.807, 2.05) is 24.3 Å². The number of ether oxygens (including phenoxy) is 3. The third-order valence-corrected chi connectivity index (χ3v) is 5.14. The molecule has 1 aliphatic heterocycles. The maximum Gasteiger partial charge on any atom is 0.161 e. The second-order valence-electron chi connectivity index (χ2n) is 5.01. The van der Waals surface area contributed by atoms with Gasteiger partial charge in [0.2, 0.25) is 0 Å². The fourth-order valence-corrected chi connectivity index (χ4v) is 3.51. The van der Waals surface area contributed by atoms with Gasteiger partial charge >= 0.3 is 0 Å². The van der Waals surface area contributed by atoms with E-state index in [0.717, 1.165) is 36.3 Å². The lowest BCUT2D eigenvalue weighted by atomic mass is 9.81. The first-order valence-electron chi connectivity index (χ1n) is 6.65. The molecule has 1 saturated heterocycles. The van der Waals surface area contributed by atoms with Crippen LogP contribution in [0.4, 0.5) is 0 Å². The molecule has 2 atom stereocenters. The minimum atomic E-state index is 0.196. The van der Waals surface area contributed by atoms with Crippen molar-refractivity contribution in [1.29, 1.82) is 0 Å². The summed E-state index contributed by atoms with van der Waals surface area (Å²) in [6, 6.07) is 7.75. The molecule has 1 fully saturated rings.